The van der Waals surface area contributed by atoms with Crippen LogP contribution in [0.5, 0.6) is 34.5 Å². The summed E-state index contributed by atoms with van der Waals surface area (Å²) in [6.45, 7) is 21.6. The predicted molar refractivity (Wildman–Crippen MR) is 318 cm³/mol. The van der Waals surface area contributed by atoms with E-state index in [1.165, 1.54) is 55.6 Å². The van der Waals surface area contributed by atoms with E-state index in [0.29, 0.717) is 48.0 Å². The van der Waals surface area contributed by atoms with Gasteiger partial charge in [0.25, 0.3) is 0 Å². The van der Waals surface area contributed by atoms with Crippen molar-refractivity contribution < 1.29 is 39.0 Å². The molecule has 408 valence electrons. The van der Waals surface area contributed by atoms with Crippen molar-refractivity contribution in [1.29, 1.82) is 16.1 Å². The van der Waals surface area contributed by atoms with E-state index in [0.717, 1.165) is 46.4 Å². The number of aliphatic hydroxyl groups excluding tert-OH is 2. The molecule has 77 heavy (non-hydrogen) atoms. The lowest BCUT2D eigenvalue weighted by atomic mass is 9.70. The Morgan fingerprint density at radius 3 is 1.53 bits per heavy atom. The van der Waals surface area contributed by atoms with Crippen LogP contribution in [0.4, 0.5) is 0 Å². The summed E-state index contributed by atoms with van der Waals surface area (Å²) in [5, 5.41) is 42.5. The Hall–Kier alpha value is -4.15. The summed E-state index contributed by atoms with van der Waals surface area (Å²) in [5.74, 6) is 3.51. The van der Waals surface area contributed by atoms with Gasteiger partial charge in [0.05, 0.1) is 49.5 Å². The first-order valence-corrected chi connectivity index (χ1v) is 28.6. The van der Waals surface area contributed by atoms with Crippen LogP contribution in [0.2, 0.25) is 0 Å². The molecule has 0 aliphatic carbocycles. The Morgan fingerprint density at radius 1 is 0.688 bits per heavy atom. The third kappa shape index (κ3) is 9.14. The minimum atomic E-state index is -0.403. The predicted octanol–water partition coefficient (Wildman–Crippen LogP) is 7.21. The van der Waals surface area contributed by atoms with Gasteiger partial charge in [-0.25, -0.2) is 25.0 Å². The fraction of sp³-hybridized carbons (Fsp3) is 0.509. The van der Waals surface area contributed by atoms with Gasteiger partial charge in [-0.05, 0) is 153 Å². The minimum absolute atomic E-state index is 0.00861. The van der Waals surface area contributed by atoms with Crippen LogP contribution in [0, 0.1) is 78.1 Å². The Kier molecular flexibility index (Phi) is 15.7. The van der Waals surface area contributed by atoms with Crippen molar-refractivity contribution in [2.45, 2.75) is 141 Å². The first kappa shape index (κ1) is 52.2. The van der Waals surface area contributed by atoms with Gasteiger partial charge in [-0.15, -0.1) is 0 Å². The van der Waals surface area contributed by atoms with Crippen LogP contribution in [0.3, 0.4) is 0 Å². The van der Waals surface area contributed by atoms with Crippen LogP contribution in [0.1, 0.15) is 113 Å². The van der Waals surface area contributed by atoms with E-state index in [1.54, 1.807) is 6.08 Å². The van der Waals surface area contributed by atoms with Gasteiger partial charge in [-0.3, -0.25) is 19.6 Å². The van der Waals surface area contributed by atoms with Crippen LogP contribution in [-0.4, -0.2) is 137 Å². The molecule has 8 aliphatic rings. The summed E-state index contributed by atoms with van der Waals surface area (Å²) >= 11 is 7.19. The number of aromatic hydroxyl groups is 1. The number of hydrogen-bond acceptors (Lipinski definition) is 16. The van der Waals surface area contributed by atoms with E-state index >= 15 is 0 Å². The van der Waals surface area contributed by atoms with Gasteiger partial charge >= 0.3 is 0 Å². The normalized spacial score (nSPS) is 27.3. The Balaban J connectivity index is 0.000000173. The van der Waals surface area contributed by atoms with Crippen LogP contribution in [-0.2, 0) is 25.7 Å². The zero-order valence-electron chi connectivity index (χ0n) is 49.8. The lowest BCUT2D eigenvalue weighted by molar-refractivity contribution is -0.0821. The second-order valence-corrected chi connectivity index (χ2v) is 23.9. The van der Waals surface area contributed by atoms with Gasteiger partial charge in [-0.1, -0.05) is 24.8 Å². The maximum Gasteiger partial charge on any atom is 0.231 e. The molecule has 0 radical (unpaired) electrons. The topological polar surface area (TPSA) is 167 Å². The molecule has 0 spiro atoms. The van der Waals surface area contributed by atoms with Gasteiger partial charge in [0.15, 0.2) is 23.0 Å². The average Bonchev–Trinajstić information content (AvgIpc) is 4.25. The van der Waals surface area contributed by atoms with E-state index in [-0.39, 0.29) is 93.4 Å². The second-order valence-electron chi connectivity index (χ2n) is 21.5. The SMILES string of the molecule is [2H]B(P)S.[2H]B(P)S.[3H]OC[C@H]1c2c(c(O)c(C)c3c2OCO3)CC2C3c4c(cc(C)c(C)c4C)C[C@@H]([C@H](C#N)N21)N3C.[3H]OC[C@H]1c2c(c(OCC=C)c(C)c3c2OCO3)CC2C3c4c(cc(C)c(C)c4C)C[C@@H]([C@H](C#N)N21)N3C. The van der Waals surface area contributed by atoms with E-state index < -0.39 is 12.1 Å². The molecule has 12 rings (SSSR count). The smallest absolute Gasteiger partial charge is 0.231 e. The van der Waals surface area contributed by atoms with Crippen molar-refractivity contribution in [2.75, 3.05) is 47.5 Å². The highest BCUT2D eigenvalue weighted by Crippen LogP contribution is 2.59. The monoisotopic (exact) mass is 1120 g/mol. The number of piperazine rings is 2. The number of aryl methyl sites for hydroxylation is 2. The van der Waals surface area contributed by atoms with Crippen LogP contribution in [0.15, 0.2) is 24.8 Å². The summed E-state index contributed by atoms with van der Waals surface area (Å²) in [4.78, 5) is 9.37. The molecular weight excluding hydrogens is 1040 g/mol. The molecule has 0 amide bonds. The molecule has 0 saturated carbocycles. The molecule has 8 heterocycles. The zero-order chi connectivity index (χ0) is 58.8. The summed E-state index contributed by atoms with van der Waals surface area (Å²) in [6, 6.07) is 8.47. The molecule has 2 saturated heterocycles. The number of thiol groups is 2. The molecule has 4 aromatic carbocycles. The fourth-order valence-electron chi connectivity index (χ4n) is 14.6. The molecule has 8 aliphatic heterocycles. The van der Waals surface area contributed by atoms with Crippen molar-refractivity contribution in [2.24, 2.45) is 0 Å². The molecule has 20 heteroatoms. The minimum Gasteiger partial charge on any atom is -0.507 e. The van der Waals surface area contributed by atoms with Gasteiger partial charge in [0.1, 0.15) is 30.2 Å². The standard InChI is InChI=1S/C30H35N3O4.C27H31N3O4.2BH4PS/c1-7-8-35-28-18(5)29-30(37-14-36-29)26-20(28)11-22-27-25-17(4)16(3)15(2)9-19(25)10-21(32(27)6)23(12-31)33(22)24(26)13-34;1-12-6-16-7-18-20(9-28)30-19(24(29(18)5)22(16)14(3)13(12)2)8-17-23(21(30)10-31)27-26(33-11-34-27)15(4)25(17)32;2*2-1-3/h7,9,21-24,27,34H,1,8,10-11,13-14H2,2-6H3;6,18-21,24,31-32H,7-8,10-11H2,1-5H3;2*1,3H,2H2/t21-,22?,23-,24-,27?;18-,19?,20-,21-,24?;;/m00../s1/i34T;31T;2*1D. The summed E-state index contributed by atoms with van der Waals surface area (Å²) in [6.07, 6.45) is 3.99. The number of rotatable bonds is 7. The number of hydrogen-bond donors (Lipinski definition) is 5. The van der Waals surface area contributed by atoms with Gasteiger partial charge in [0, 0.05) is 57.5 Å². The highest BCUT2D eigenvalue weighted by Gasteiger charge is 2.58. The van der Waals surface area contributed by atoms with Crippen molar-refractivity contribution in [3.8, 4) is 46.6 Å². The van der Waals surface area contributed by atoms with Crippen LogP contribution >= 0.6 is 43.2 Å². The van der Waals surface area contributed by atoms with Crippen molar-refractivity contribution >= 4 is 55.7 Å². The summed E-state index contributed by atoms with van der Waals surface area (Å²) < 4.78 is 58.1. The second kappa shape index (κ2) is 23.1. The molecule has 4 aromatic rings. The third-order valence-electron chi connectivity index (χ3n) is 18.3. The molecule has 6 unspecified atom stereocenters. The number of aliphatic hydroxyl groups is 2. The first-order valence-electron chi connectivity index (χ1n) is 28.2. The van der Waals surface area contributed by atoms with E-state index in [1.807, 2.05) is 13.8 Å². The van der Waals surface area contributed by atoms with E-state index in [9.17, 15) is 15.6 Å². The lowest BCUT2D eigenvalue weighted by Gasteiger charge is -2.60. The lowest BCUT2D eigenvalue weighted by Crippen LogP contribution is -2.68. The van der Waals surface area contributed by atoms with Crippen molar-refractivity contribution in [1.82, 2.24) is 19.6 Å². The zero-order valence-corrected chi connectivity index (χ0v) is 49.9. The number of nitriles is 2. The summed E-state index contributed by atoms with van der Waals surface area (Å²) in [7, 11) is 8.67. The first-order chi connectivity index (χ1) is 38.6. The van der Waals surface area contributed by atoms with Gasteiger partial charge in [-0.2, -0.15) is 28.8 Å². The molecule has 12 atom stereocenters. The third-order valence-corrected chi connectivity index (χ3v) is 18.3. The highest BCUT2D eigenvalue weighted by molar-refractivity contribution is 8.20. The number of phenols is 1. The number of fused-ring (bicyclic) bond motifs is 18. The number of nitrogens with zero attached hydrogens (tertiary/aromatic N) is 6. The quantitative estimate of drug-likeness (QED) is 0.0545. The number of likely N-dealkylation sites (N-methyl/N-ethyl adjacent to an activating group) is 2. The van der Waals surface area contributed by atoms with Crippen molar-refractivity contribution in [3.63, 3.8) is 0 Å². The molecule has 3 N–H and O–H groups in total. The van der Waals surface area contributed by atoms with Crippen LogP contribution in [0.25, 0.3) is 0 Å². The maximum absolute atomic E-state index is 11.3. The largest absolute Gasteiger partial charge is 0.507 e. The van der Waals surface area contributed by atoms with Crippen molar-refractivity contribution in [3.05, 3.63) is 114 Å². The van der Waals surface area contributed by atoms with Gasteiger partial charge < -0.3 is 39.0 Å². The molecule has 4 bridgehead atoms. The molecule has 2 fully saturated rings. The Bertz CT molecular complexity index is 3210. The fourth-order valence-corrected chi connectivity index (χ4v) is 14.6. The number of phenolic OH excluding ortho intramolecular Hbond substituents is 1. The number of benzene rings is 4. The maximum atomic E-state index is 11.3. The number of ether oxygens (including phenoxy) is 5. The Morgan fingerprint density at radius 2 is 1.10 bits per heavy atom. The summed E-state index contributed by atoms with van der Waals surface area (Å²) in [5.41, 5.74) is 18.4. The molecular formula is C57H74B2N6O8P2S2. The molecule has 14 nitrogen and oxygen atoms in total. The highest BCUT2D eigenvalue weighted by atomic mass is 32.1. The molecule has 0 aromatic heterocycles. The van der Waals surface area contributed by atoms with Gasteiger partial charge in [0.2, 0.25) is 28.9 Å². The van der Waals surface area contributed by atoms with E-state index in [2.05, 4.69) is 149 Å². The van der Waals surface area contributed by atoms with E-state index in [4.69, 9.17) is 39.4 Å². The Labute approximate surface area is 477 Å². The van der Waals surface area contributed by atoms with Crippen LogP contribution < -0.4 is 23.7 Å². The average molecular weight is 1120 g/mol.